The topological polar surface area (TPSA) is 108 Å². The van der Waals surface area contributed by atoms with E-state index in [1.807, 2.05) is 30.3 Å². The Morgan fingerprint density at radius 3 is 2.78 bits per heavy atom. The zero-order valence-corrected chi connectivity index (χ0v) is 23.2. The summed E-state index contributed by atoms with van der Waals surface area (Å²) in [7, 11) is -1.84. The third kappa shape index (κ3) is 4.51. The van der Waals surface area contributed by atoms with E-state index in [-0.39, 0.29) is 17.9 Å². The largest absolute Gasteiger partial charge is 0.470 e. The molecular formula is C27H30N2O6SSi. The summed E-state index contributed by atoms with van der Waals surface area (Å²) in [6.45, 7) is 7.72. The van der Waals surface area contributed by atoms with Crippen molar-refractivity contribution in [3.8, 4) is 11.4 Å². The maximum absolute atomic E-state index is 13.9. The summed E-state index contributed by atoms with van der Waals surface area (Å²) in [5.74, 6) is -0.422. The number of aromatic nitrogens is 2. The fraction of sp³-hybridized carbons (Fsp3) is 0.407. The number of cyclic esters (lactones) is 1. The number of nitrogens with zero attached hydrogens (tertiary/aromatic N) is 2. The van der Waals surface area contributed by atoms with Crippen LogP contribution in [0.15, 0.2) is 41.2 Å². The van der Waals surface area contributed by atoms with Gasteiger partial charge in [0.25, 0.3) is 5.56 Å². The molecule has 0 amide bonds. The average Bonchev–Trinajstić information content (AvgIpc) is 3.22. The summed E-state index contributed by atoms with van der Waals surface area (Å²) in [5, 5.41) is 12.4. The number of aliphatic hydroxyl groups is 1. The second-order valence-electron chi connectivity index (χ2n) is 10.5. The monoisotopic (exact) mass is 538 g/mol. The third-order valence-electron chi connectivity index (χ3n) is 7.17. The fourth-order valence-electron chi connectivity index (χ4n) is 4.89. The van der Waals surface area contributed by atoms with E-state index in [2.05, 4.69) is 13.1 Å². The van der Waals surface area contributed by atoms with Crippen molar-refractivity contribution in [3.63, 3.8) is 0 Å². The number of thioether (sulfide) groups is 1. The molecule has 37 heavy (non-hydrogen) atoms. The summed E-state index contributed by atoms with van der Waals surface area (Å²) in [5.41, 5.74) is 0.657. The van der Waals surface area contributed by atoms with Gasteiger partial charge in [0.1, 0.15) is 0 Å². The number of esters is 2. The van der Waals surface area contributed by atoms with Gasteiger partial charge in [-0.05, 0) is 36.4 Å². The Labute approximate surface area is 220 Å². The van der Waals surface area contributed by atoms with E-state index in [1.165, 1.54) is 18.7 Å². The first kappa shape index (κ1) is 25.7. The molecule has 4 heterocycles. The highest BCUT2D eigenvalue weighted by Gasteiger charge is 2.49. The standard InChI is InChI=1S/C27H30N2O6SSi/c1-5-27(33)19-13-21-23-18(12-17-8-6-7-9-20(17)28-23)14-29(21)24(31)22(19)25(35-26(27)32)36-10-11-37(3,4)15-34-16(2)30/h6-9,12-13,25,33H,5,10-11,14-15H2,1-4H3/t25?,27-/m0/s1. The van der Waals surface area contributed by atoms with Crippen molar-refractivity contribution in [1.82, 2.24) is 9.55 Å². The number of pyridine rings is 2. The van der Waals surface area contributed by atoms with Crippen LogP contribution in [0.5, 0.6) is 0 Å². The lowest BCUT2D eigenvalue weighted by Crippen LogP contribution is -2.45. The average molecular weight is 539 g/mol. The predicted octanol–water partition coefficient (Wildman–Crippen LogP) is 4.12. The van der Waals surface area contributed by atoms with Gasteiger partial charge in [0.2, 0.25) is 0 Å². The van der Waals surface area contributed by atoms with E-state index in [4.69, 9.17) is 14.5 Å². The molecule has 3 aromatic rings. The van der Waals surface area contributed by atoms with E-state index in [0.29, 0.717) is 41.0 Å². The zero-order valence-electron chi connectivity index (χ0n) is 21.4. The molecule has 0 bridgehead atoms. The first-order chi connectivity index (χ1) is 17.5. The molecule has 2 atom stereocenters. The Hall–Kier alpha value is -2.95. The van der Waals surface area contributed by atoms with Crippen LogP contribution >= 0.6 is 11.8 Å². The molecule has 2 aromatic heterocycles. The van der Waals surface area contributed by atoms with Crippen molar-refractivity contribution in [2.45, 2.75) is 57.0 Å². The lowest BCUT2D eigenvalue weighted by atomic mass is 9.86. The maximum atomic E-state index is 13.9. The number of ether oxygens (including phenoxy) is 2. The van der Waals surface area contributed by atoms with Crippen molar-refractivity contribution in [1.29, 1.82) is 0 Å². The molecule has 0 fully saturated rings. The first-order valence-electron chi connectivity index (χ1n) is 12.4. The number of fused-ring (bicyclic) bond motifs is 5. The van der Waals surface area contributed by atoms with Gasteiger partial charge in [0, 0.05) is 23.4 Å². The lowest BCUT2D eigenvalue weighted by molar-refractivity contribution is -0.172. The molecule has 0 spiro atoms. The third-order valence-corrected chi connectivity index (χ3v) is 11.1. The maximum Gasteiger partial charge on any atom is 0.344 e. The summed E-state index contributed by atoms with van der Waals surface area (Å²) in [6.07, 6.45) is 0.495. The Kier molecular flexibility index (Phi) is 6.53. The second kappa shape index (κ2) is 9.41. The summed E-state index contributed by atoms with van der Waals surface area (Å²) >= 11 is 1.37. The quantitative estimate of drug-likeness (QED) is 0.277. The Bertz CT molecular complexity index is 1490. The Morgan fingerprint density at radius 2 is 2.05 bits per heavy atom. The van der Waals surface area contributed by atoms with Crippen LogP contribution < -0.4 is 5.56 Å². The molecule has 0 radical (unpaired) electrons. The minimum absolute atomic E-state index is 0.0828. The molecule has 1 unspecified atom stereocenters. The number of hydrogen-bond acceptors (Lipinski definition) is 8. The van der Waals surface area contributed by atoms with Crippen LogP contribution in [0, 0.1) is 0 Å². The van der Waals surface area contributed by atoms with Crippen LogP contribution in [0.25, 0.3) is 22.3 Å². The molecule has 194 valence electrons. The van der Waals surface area contributed by atoms with Crippen LogP contribution in [-0.4, -0.2) is 46.7 Å². The van der Waals surface area contributed by atoms with Crippen LogP contribution in [0.4, 0.5) is 0 Å². The van der Waals surface area contributed by atoms with Crippen molar-refractivity contribution in [2.75, 3.05) is 12.0 Å². The normalized spacial score (nSPS) is 20.2. The number of hydrogen-bond donors (Lipinski definition) is 1. The number of carbonyl (C=O) groups excluding carboxylic acids is 2. The van der Waals surface area contributed by atoms with Crippen LogP contribution in [0.1, 0.15) is 42.4 Å². The van der Waals surface area contributed by atoms with Gasteiger partial charge in [0.05, 0.1) is 43.3 Å². The first-order valence-corrected chi connectivity index (χ1v) is 16.9. The molecule has 2 aliphatic rings. The molecular weight excluding hydrogens is 508 g/mol. The summed E-state index contributed by atoms with van der Waals surface area (Å²) in [6, 6.07) is 12.4. The van der Waals surface area contributed by atoms with E-state index in [0.717, 1.165) is 22.5 Å². The molecule has 0 saturated heterocycles. The lowest BCUT2D eigenvalue weighted by Gasteiger charge is -2.36. The summed E-state index contributed by atoms with van der Waals surface area (Å²) < 4.78 is 12.6. The van der Waals surface area contributed by atoms with Gasteiger partial charge in [-0.2, -0.15) is 0 Å². The van der Waals surface area contributed by atoms with Gasteiger partial charge in [-0.3, -0.25) is 9.59 Å². The van der Waals surface area contributed by atoms with Crippen LogP contribution in [0.3, 0.4) is 0 Å². The van der Waals surface area contributed by atoms with Crippen molar-refractivity contribution >= 4 is 42.7 Å². The Balaban J connectivity index is 1.52. The Morgan fingerprint density at radius 1 is 1.30 bits per heavy atom. The molecule has 0 aliphatic carbocycles. The minimum atomic E-state index is -1.90. The number of benzene rings is 1. The highest BCUT2D eigenvalue weighted by molar-refractivity contribution is 7.99. The van der Waals surface area contributed by atoms with E-state index in [1.54, 1.807) is 17.6 Å². The fourth-order valence-corrected chi connectivity index (χ4v) is 9.07. The smallest absolute Gasteiger partial charge is 0.344 e. The van der Waals surface area contributed by atoms with Gasteiger partial charge in [0.15, 0.2) is 11.0 Å². The van der Waals surface area contributed by atoms with Crippen LogP contribution in [0.2, 0.25) is 19.1 Å². The summed E-state index contributed by atoms with van der Waals surface area (Å²) in [4.78, 5) is 43.0. The van der Waals surface area contributed by atoms with Gasteiger partial charge in [-0.25, -0.2) is 9.78 Å². The number of rotatable bonds is 7. The van der Waals surface area contributed by atoms with E-state index >= 15 is 0 Å². The van der Waals surface area contributed by atoms with Crippen molar-refractivity contribution in [3.05, 3.63) is 63.4 Å². The van der Waals surface area contributed by atoms with Gasteiger partial charge in [-0.15, -0.1) is 11.8 Å². The molecule has 1 aromatic carbocycles. The van der Waals surface area contributed by atoms with E-state index in [9.17, 15) is 19.5 Å². The highest BCUT2D eigenvalue weighted by atomic mass is 32.2. The molecule has 5 rings (SSSR count). The SMILES string of the molecule is CC[C@@]1(O)C(=O)OC(SCC[Si](C)(C)COC(C)=O)c2c1cc1n(c2=O)Cc2cc3ccccc3nc2-1. The molecule has 8 nitrogen and oxygen atoms in total. The van der Waals surface area contributed by atoms with Crippen molar-refractivity contribution in [2.24, 2.45) is 0 Å². The second-order valence-corrected chi connectivity index (χ2v) is 16.7. The highest BCUT2D eigenvalue weighted by Crippen LogP contribution is 2.45. The molecule has 0 saturated carbocycles. The number of carbonyl (C=O) groups is 2. The zero-order chi connectivity index (χ0) is 26.5. The van der Waals surface area contributed by atoms with E-state index < -0.39 is 25.1 Å². The van der Waals surface area contributed by atoms with Gasteiger partial charge in [-0.1, -0.05) is 38.2 Å². The molecule has 10 heteroatoms. The molecule has 1 N–H and O–H groups in total. The van der Waals surface area contributed by atoms with Crippen molar-refractivity contribution < 1.29 is 24.2 Å². The minimum Gasteiger partial charge on any atom is -0.470 e. The van der Waals surface area contributed by atoms with Gasteiger partial charge < -0.3 is 19.1 Å². The predicted molar refractivity (Wildman–Crippen MR) is 145 cm³/mol. The number of para-hydroxylation sites is 1. The van der Waals surface area contributed by atoms with Crippen LogP contribution in [-0.2, 0) is 31.2 Å². The molecule has 2 aliphatic heterocycles. The van der Waals surface area contributed by atoms with Gasteiger partial charge >= 0.3 is 11.9 Å².